The van der Waals surface area contributed by atoms with Crippen LogP contribution in [0.1, 0.15) is 15.2 Å². The topological polar surface area (TPSA) is 44.5 Å². The third-order valence-electron chi connectivity index (χ3n) is 1.77. The van der Waals surface area contributed by atoms with Gasteiger partial charge in [0, 0.05) is 8.78 Å². The van der Waals surface area contributed by atoms with Crippen molar-refractivity contribution in [1.29, 1.82) is 0 Å². The minimum atomic E-state index is -1.55. The quantitative estimate of drug-likeness (QED) is 0.748. The second-order valence-electron chi connectivity index (χ2n) is 3.00. The van der Waals surface area contributed by atoms with E-state index in [0.29, 0.717) is 17.1 Å². The van der Waals surface area contributed by atoms with Crippen LogP contribution in [0.4, 0.5) is 0 Å². The van der Waals surface area contributed by atoms with Gasteiger partial charge in [-0.1, -0.05) is 6.07 Å². The lowest BCUT2D eigenvalue weighted by Gasteiger charge is -2.05. The zero-order valence-electron chi connectivity index (χ0n) is 9.41. The highest BCUT2D eigenvalue weighted by Gasteiger charge is 2.13. The molecule has 1 aliphatic rings. The summed E-state index contributed by atoms with van der Waals surface area (Å²) in [6, 6.07) is 4.46. The average Bonchev–Trinajstić information content (AvgIpc) is 2.63. The fourth-order valence-electron chi connectivity index (χ4n) is 1.25. The molecule has 0 bridgehead atoms. The first-order chi connectivity index (χ1) is 7.01. The van der Waals surface area contributed by atoms with Gasteiger partial charge in [-0.2, -0.15) is 0 Å². The Labute approximate surface area is 80.3 Å². The highest BCUT2D eigenvalue weighted by molar-refractivity contribution is 5.44. The minimum Gasteiger partial charge on any atom is -0.454 e. The molecule has 1 unspecified atom stereocenters. The van der Waals surface area contributed by atoms with E-state index in [9.17, 15) is 0 Å². The molecule has 1 aromatic carbocycles. The lowest BCUT2D eigenvalue weighted by molar-refractivity contribution is 0.174. The van der Waals surface area contributed by atoms with Crippen molar-refractivity contribution in [3.8, 4) is 11.5 Å². The van der Waals surface area contributed by atoms with Crippen molar-refractivity contribution in [2.75, 3.05) is 6.79 Å². The normalized spacial score (nSPS) is 19.2. The molecule has 3 nitrogen and oxygen atoms in total. The summed E-state index contributed by atoms with van der Waals surface area (Å²) in [4.78, 5) is 0. The monoisotopic (exact) mass is 181 g/mol. The molecule has 0 amide bonds. The Morgan fingerprint density at radius 1 is 1.54 bits per heavy atom. The molecule has 1 aromatic rings. The molecule has 0 fully saturated rings. The maximum Gasteiger partial charge on any atom is 0.231 e. The predicted octanol–water partition coefficient (Wildman–Crippen LogP) is 1.30. The van der Waals surface area contributed by atoms with Crippen molar-refractivity contribution in [2.24, 2.45) is 5.73 Å². The Morgan fingerprint density at radius 2 is 2.31 bits per heavy atom. The van der Waals surface area contributed by atoms with Crippen molar-refractivity contribution in [2.45, 2.75) is 19.3 Å². The SMILES string of the molecule is [2H]C([2H])(c1ccc2c(c1)OCO2)C(C)N. The van der Waals surface area contributed by atoms with Crippen molar-refractivity contribution in [3.63, 3.8) is 0 Å². The molecule has 0 aromatic heterocycles. The van der Waals surface area contributed by atoms with Gasteiger partial charge < -0.3 is 15.2 Å². The number of fused-ring (bicyclic) bond motifs is 1. The molecule has 1 aliphatic heterocycles. The summed E-state index contributed by atoms with van der Waals surface area (Å²) in [7, 11) is 0. The summed E-state index contributed by atoms with van der Waals surface area (Å²) < 4.78 is 26.0. The molecule has 0 saturated heterocycles. The van der Waals surface area contributed by atoms with Crippen molar-refractivity contribution < 1.29 is 12.2 Å². The zero-order chi connectivity index (χ0) is 11.1. The molecule has 70 valence electrons. The Hall–Kier alpha value is -1.22. The maximum atomic E-state index is 7.83. The largest absolute Gasteiger partial charge is 0.454 e. The number of hydrogen-bond donors (Lipinski definition) is 1. The molecular weight excluding hydrogens is 166 g/mol. The van der Waals surface area contributed by atoms with E-state index in [4.69, 9.17) is 17.9 Å². The minimum absolute atomic E-state index is 0.194. The van der Waals surface area contributed by atoms with Crippen LogP contribution in [0.25, 0.3) is 0 Å². The van der Waals surface area contributed by atoms with Crippen molar-refractivity contribution in [3.05, 3.63) is 23.8 Å². The summed E-state index contributed by atoms with van der Waals surface area (Å²) >= 11 is 0. The van der Waals surface area contributed by atoms with E-state index < -0.39 is 12.4 Å². The van der Waals surface area contributed by atoms with Crippen LogP contribution in [-0.2, 0) is 6.37 Å². The van der Waals surface area contributed by atoms with Crippen LogP contribution in [0.15, 0.2) is 18.2 Å². The van der Waals surface area contributed by atoms with E-state index in [0.717, 1.165) is 0 Å². The van der Waals surface area contributed by atoms with E-state index in [1.54, 1.807) is 25.1 Å². The molecule has 13 heavy (non-hydrogen) atoms. The smallest absolute Gasteiger partial charge is 0.231 e. The van der Waals surface area contributed by atoms with E-state index >= 15 is 0 Å². The highest BCUT2D eigenvalue weighted by Crippen LogP contribution is 2.32. The van der Waals surface area contributed by atoms with Crippen molar-refractivity contribution >= 4 is 0 Å². The van der Waals surface area contributed by atoms with Gasteiger partial charge in [-0.15, -0.1) is 0 Å². The van der Waals surface area contributed by atoms with Crippen LogP contribution in [-0.4, -0.2) is 12.8 Å². The third kappa shape index (κ3) is 1.75. The van der Waals surface area contributed by atoms with Gasteiger partial charge in [0.25, 0.3) is 0 Å². The Kier molecular flexibility index (Phi) is 1.57. The van der Waals surface area contributed by atoms with Crippen LogP contribution in [0.2, 0.25) is 0 Å². The van der Waals surface area contributed by atoms with E-state index in [1.165, 1.54) is 0 Å². The fraction of sp³-hybridized carbons (Fsp3) is 0.400. The number of hydrogen-bond acceptors (Lipinski definition) is 3. The molecule has 3 heteroatoms. The van der Waals surface area contributed by atoms with Crippen molar-refractivity contribution in [1.82, 2.24) is 0 Å². The first kappa shape index (κ1) is 6.27. The first-order valence-electron chi connectivity index (χ1n) is 5.17. The van der Waals surface area contributed by atoms with Gasteiger partial charge in [0.1, 0.15) is 0 Å². The lowest BCUT2D eigenvalue weighted by atomic mass is 10.1. The molecule has 0 spiro atoms. The molecule has 2 rings (SSSR count). The molecular formula is C10H13NO2. The van der Waals surface area contributed by atoms with E-state index in [-0.39, 0.29) is 6.79 Å². The Morgan fingerprint density at radius 3 is 3.08 bits per heavy atom. The average molecular weight is 181 g/mol. The summed E-state index contributed by atoms with van der Waals surface area (Å²) in [5, 5.41) is 0. The number of rotatable bonds is 2. The molecule has 0 radical (unpaired) electrons. The molecule has 0 aliphatic carbocycles. The first-order valence-corrected chi connectivity index (χ1v) is 4.17. The highest BCUT2D eigenvalue weighted by atomic mass is 16.7. The van der Waals surface area contributed by atoms with E-state index in [2.05, 4.69) is 0 Å². The third-order valence-corrected chi connectivity index (χ3v) is 1.77. The van der Waals surface area contributed by atoms with Gasteiger partial charge in [-0.05, 0) is 31.0 Å². The predicted molar refractivity (Wildman–Crippen MR) is 49.9 cm³/mol. The van der Waals surface area contributed by atoms with Gasteiger partial charge in [0.05, 0.1) is 0 Å². The van der Waals surface area contributed by atoms with E-state index in [1.807, 2.05) is 0 Å². The van der Waals surface area contributed by atoms with Crippen LogP contribution in [0.5, 0.6) is 11.5 Å². The van der Waals surface area contributed by atoms with Gasteiger partial charge >= 0.3 is 0 Å². The number of ether oxygens (including phenoxy) is 2. The Bertz CT molecular complexity index is 380. The van der Waals surface area contributed by atoms with Gasteiger partial charge in [-0.3, -0.25) is 0 Å². The molecule has 2 N–H and O–H groups in total. The van der Waals surface area contributed by atoms with Crippen LogP contribution >= 0.6 is 0 Å². The van der Waals surface area contributed by atoms with Crippen LogP contribution in [0, 0.1) is 0 Å². The molecule has 0 saturated carbocycles. The fourth-order valence-corrected chi connectivity index (χ4v) is 1.25. The summed E-state index contributed by atoms with van der Waals surface area (Å²) in [6.45, 7) is 1.84. The number of nitrogens with two attached hydrogens (primary N) is 1. The summed E-state index contributed by atoms with van der Waals surface area (Å²) in [5.41, 5.74) is 6.12. The van der Waals surface area contributed by atoms with Gasteiger partial charge in [0.2, 0.25) is 6.79 Å². The van der Waals surface area contributed by atoms with Crippen LogP contribution < -0.4 is 15.2 Å². The molecule has 1 atom stereocenters. The Balaban J connectivity index is 2.38. The summed E-state index contributed by atoms with van der Waals surface area (Å²) in [5.74, 6) is 1.23. The summed E-state index contributed by atoms with van der Waals surface area (Å²) in [6.07, 6.45) is -1.55. The maximum absolute atomic E-state index is 7.83. The van der Waals surface area contributed by atoms with Crippen LogP contribution in [0.3, 0.4) is 0 Å². The number of benzene rings is 1. The lowest BCUT2D eigenvalue weighted by Crippen LogP contribution is -2.17. The standard InChI is InChI=1S/C10H13NO2/c1-7(11)4-8-2-3-9-10(5-8)13-6-12-9/h2-3,5,7H,4,6,11H2,1H3/i4D2. The van der Waals surface area contributed by atoms with Gasteiger partial charge in [0.15, 0.2) is 11.5 Å². The van der Waals surface area contributed by atoms with Gasteiger partial charge in [-0.25, -0.2) is 0 Å². The zero-order valence-corrected chi connectivity index (χ0v) is 7.41. The molecule has 1 heterocycles. The second kappa shape index (κ2) is 3.26. The second-order valence-corrected chi connectivity index (χ2v) is 3.00.